The molecule has 1 heterocycles. The molecular formula is C24H25NO. The van der Waals surface area contributed by atoms with Gasteiger partial charge in [-0.15, -0.1) is 0 Å². The van der Waals surface area contributed by atoms with Gasteiger partial charge >= 0.3 is 0 Å². The van der Waals surface area contributed by atoms with Crippen molar-refractivity contribution in [1.29, 1.82) is 0 Å². The maximum Gasteiger partial charge on any atom is 0.0973 e. The standard InChI is InChI=1S/C24H25NO/c26-23-17-10-18-25(19-23)24(20-11-4-1-5-12-20,21-13-6-2-7-14-21)22-15-8-3-9-16-22/h1-9,11-16,23,26H,10,17-19H2. The van der Waals surface area contributed by atoms with Crippen LogP contribution in [0.25, 0.3) is 0 Å². The van der Waals surface area contributed by atoms with Gasteiger partial charge in [-0.3, -0.25) is 4.90 Å². The van der Waals surface area contributed by atoms with Crippen molar-refractivity contribution in [3.05, 3.63) is 108 Å². The summed E-state index contributed by atoms with van der Waals surface area (Å²) in [5.41, 5.74) is 3.33. The van der Waals surface area contributed by atoms with Crippen LogP contribution < -0.4 is 0 Å². The van der Waals surface area contributed by atoms with Crippen LogP contribution in [0.4, 0.5) is 0 Å². The fourth-order valence-corrected chi connectivity index (χ4v) is 4.35. The summed E-state index contributed by atoms with van der Waals surface area (Å²) in [4.78, 5) is 2.46. The Bertz CT molecular complexity index is 720. The maximum atomic E-state index is 10.4. The number of hydrogen-bond donors (Lipinski definition) is 1. The lowest BCUT2D eigenvalue weighted by molar-refractivity contribution is 0.0299. The molecule has 4 rings (SSSR count). The lowest BCUT2D eigenvalue weighted by Gasteiger charge is -2.48. The van der Waals surface area contributed by atoms with Gasteiger partial charge in [0.1, 0.15) is 0 Å². The lowest BCUT2D eigenvalue weighted by Crippen LogP contribution is -2.53. The topological polar surface area (TPSA) is 23.5 Å². The van der Waals surface area contributed by atoms with E-state index in [0.29, 0.717) is 6.54 Å². The van der Waals surface area contributed by atoms with Crippen LogP contribution in [0.2, 0.25) is 0 Å². The molecule has 1 fully saturated rings. The van der Waals surface area contributed by atoms with Crippen molar-refractivity contribution >= 4 is 0 Å². The first kappa shape index (κ1) is 17.0. The molecule has 1 aliphatic heterocycles. The van der Waals surface area contributed by atoms with E-state index in [4.69, 9.17) is 0 Å². The number of β-amino-alcohol motifs (C(OH)–C–C–N with tert-alkyl or cyclic N) is 1. The molecule has 0 aromatic heterocycles. The van der Waals surface area contributed by atoms with Crippen LogP contribution in [-0.2, 0) is 5.54 Å². The Labute approximate surface area is 155 Å². The Hall–Kier alpha value is -2.42. The van der Waals surface area contributed by atoms with Crippen molar-refractivity contribution in [2.45, 2.75) is 24.5 Å². The molecule has 0 saturated carbocycles. The predicted octanol–water partition coefficient (Wildman–Crippen LogP) is 4.44. The molecule has 1 unspecified atom stereocenters. The number of rotatable bonds is 4. The van der Waals surface area contributed by atoms with Gasteiger partial charge in [-0.2, -0.15) is 0 Å². The van der Waals surface area contributed by atoms with Gasteiger partial charge in [-0.1, -0.05) is 91.0 Å². The molecule has 0 radical (unpaired) electrons. The van der Waals surface area contributed by atoms with Gasteiger partial charge in [0.05, 0.1) is 11.6 Å². The van der Waals surface area contributed by atoms with E-state index in [1.165, 1.54) is 16.7 Å². The van der Waals surface area contributed by atoms with Crippen molar-refractivity contribution in [1.82, 2.24) is 4.90 Å². The molecule has 1 aliphatic rings. The predicted molar refractivity (Wildman–Crippen MR) is 106 cm³/mol. The normalized spacial score (nSPS) is 18.6. The Morgan fingerprint density at radius 1 is 0.692 bits per heavy atom. The largest absolute Gasteiger partial charge is 0.392 e. The minimum Gasteiger partial charge on any atom is -0.392 e. The summed E-state index contributed by atoms with van der Waals surface area (Å²) >= 11 is 0. The summed E-state index contributed by atoms with van der Waals surface area (Å²) in [5.74, 6) is 0. The molecule has 2 heteroatoms. The minimum absolute atomic E-state index is 0.278. The average Bonchev–Trinajstić information content (AvgIpc) is 2.71. The molecule has 1 saturated heterocycles. The summed E-state index contributed by atoms with van der Waals surface area (Å²) in [6, 6.07) is 32.1. The monoisotopic (exact) mass is 343 g/mol. The number of nitrogens with zero attached hydrogens (tertiary/aromatic N) is 1. The Morgan fingerprint density at radius 2 is 1.12 bits per heavy atom. The van der Waals surface area contributed by atoms with Gasteiger partial charge in [-0.25, -0.2) is 0 Å². The van der Waals surface area contributed by atoms with Crippen molar-refractivity contribution in [2.24, 2.45) is 0 Å². The zero-order valence-electron chi connectivity index (χ0n) is 15.0. The highest BCUT2D eigenvalue weighted by molar-refractivity contribution is 5.49. The molecule has 3 aromatic rings. The molecule has 1 N–H and O–H groups in total. The molecule has 132 valence electrons. The van der Waals surface area contributed by atoms with Crippen LogP contribution in [0.3, 0.4) is 0 Å². The van der Waals surface area contributed by atoms with Crippen LogP contribution in [-0.4, -0.2) is 29.2 Å². The number of benzene rings is 3. The molecule has 0 amide bonds. The highest BCUT2D eigenvalue weighted by Crippen LogP contribution is 2.43. The summed E-state index contributed by atoms with van der Waals surface area (Å²) < 4.78 is 0. The maximum absolute atomic E-state index is 10.4. The van der Waals surface area contributed by atoms with Crippen LogP contribution in [0.15, 0.2) is 91.0 Å². The number of hydrogen-bond acceptors (Lipinski definition) is 2. The molecule has 0 bridgehead atoms. The smallest absolute Gasteiger partial charge is 0.0973 e. The van der Waals surface area contributed by atoms with Gasteiger partial charge in [0, 0.05) is 6.54 Å². The zero-order valence-corrected chi connectivity index (χ0v) is 15.0. The molecular weight excluding hydrogens is 318 g/mol. The van der Waals surface area contributed by atoms with Crippen LogP contribution >= 0.6 is 0 Å². The third-order valence-corrected chi connectivity index (χ3v) is 5.45. The lowest BCUT2D eigenvalue weighted by atomic mass is 9.74. The summed E-state index contributed by atoms with van der Waals surface area (Å²) in [6.07, 6.45) is 1.61. The first-order chi connectivity index (χ1) is 12.8. The quantitative estimate of drug-likeness (QED) is 0.708. The van der Waals surface area contributed by atoms with E-state index in [1.807, 2.05) is 0 Å². The fraction of sp³-hybridized carbons (Fsp3) is 0.250. The van der Waals surface area contributed by atoms with E-state index in [9.17, 15) is 5.11 Å². The van der Waals surface area contributed by atoms with Gasteiger partial charge in [-0.05, 0) is 36.1 Å². The van der Waals surface area contributed by atoms with Crippen molar-refractivity contribution in [2.75, 3.05) is 13.1 Å². The third kappa shape index (κ3) is 2.96. The Kier molecular flexibility index (Phi) is 4.87. The number of aliphatic hydroxyl groups is 1. The van der Waals surface area contributed by atoms with E-state index in [2.05, 4.69) is 95.9 Å². The van der Waals surface area contributed by atoms with Gasteiger partial charge < -0.3 is 5.11 Å². The number of aliphatic hydroxyl groups excluding tert-OH is 1. The zero-order chi connectivity index (χ0) is 17.8. The summed E-state index contributed by atoms with van der Waals surface area (Å²) in [5, 5.41) is 10.4. The number of likely N-dealkylation sites (tertiary alicyclic amines) is 1. The first-order valence-electron chi connectivity index (χ1n) is 9.41. The molecule has 0 aliphatic carbocycles. The first-order valence-corrected chi connectivity index (χ1v) is 9.41. The number of piperidine rings is 1. The van der Waals surface area contributed by atoms with Crippen molar-refractivity contribution in [3.63, 3.8) is 0 Å². The average molecular weight is 343 g/mol. The van der Waals surface area contributed by atoms with Crippen LogP contribution in [0, 0.1) is 0 Å². The Balaban J connectivity index is 2.00. The second kappa shape index (κ2) is 7.45. The van der Waals surface area contributed by atoms with E-state index >= 15 is 0 Å². The molecule has 1 atom stereocenters. The highest BCUT2D eigenvalue weighted by Gasteiger charge is 2.43. The van der Waals surface area contributed by atoms with E-state index in [0.717, 1.165) is 19.4 Å². The van der Waals surface area contributed by atoms with E-state index in [1.54, 1.807) is 0 Å². The summed E-state index contributed by atoms with van der Waals surface area (Å²) in [7, 11) is 0. The Morgan fingerprint density at radius 3 is 1.50 bits per heavy atom. The summed E-state index contributed by atoms with van der Waals surface area (Å²) in [6.45, 7) is 1.65. The van der Waals surface area contributed by atoms with Gasteiger partial charge in [0.15, 0.2) is 0 Å². The van der Waals surface area contributed by atoms with Crippen LogP contribution in [0.5, 0.6) is 0 Å². The fourth-order valence-electron chi connectivity index (χ4n) is 4.35. The molecule has 2 nitrogen and oxygen atoms in total. The van der Waals surface area contributed by atoms with Gasteiger partial charge in [0.25, 0.3) is 0 Å². The second-order valence-electron chi connectivity index (χ2n) is 7.05. The molecule has 3 aromatic carbocycles. The minimum atomic E-state index is -0.398. The third-order valence-electron chi connectivity index (χ3n) is 5.45. The van der Waals surface area contributed by atoms with E-state index < -0.39 is 5.54 Å². The second-order valence-corrected chi connectivity index (χ2v) is 7.05. The van der Waals surface area contributed by atoms with Crippen LogP contribution in [0.1, 0.15) is 29.5 Å². The van der Waals surface area contributed by atoms with E-state index in [-0.39, 0.29) is 6.10 Å². The van der Waals surface area contributed by atoms with Gasteiger partial charge in [0.2, 0.25) is 0 Å². The molecule has 0 spiro atoms. The van der Waals surface area contributed by atoms with Crippen molar-refractivity contribution < 1.29 is 5.11 Å². The molecule has 26 heavy (non-hydrogen) atoms. The SMILES string of the molecule is OC1CCCN(C(c2ccccc2)(c2ccccc2)c2ccccc2)C1. The highest BCUT2D eigenvalue weighted by atomic mass is 16.3. The van der Waals surface area contributed by atoms with Crippen molar-refractivity contribution in [3.8, 4) is 0 Å².